The maximum absolute atomic E-state index is 13.3. The molecule has 0 spiro atoms. The minimum atomic E-state index is -0.453. The van der Waals surface area contributed by atoms with E-state index >= 15 is 0 Å². The van der Waals surface area contributed by atoms with Gasteiger partial charge in [-0.25, -0.2) is 4.39 Å². The molecule has 1 heterocycles. The van der Waals surface area contributed by atoms with Crippen molar-refractivity contribution in [2.24, 2.45) is 0 Å². The molecule has 0 aliphatic heterocycles. The number of nitrogens with zero attached hydrogens (tertiary/aromatic N) is 3. The molecule has 3 aromatic rings. The molecule has 7 heteroatoms. The molecular formula is C17H13FN4O2. The van der Waals surface area contributed by atoms with Crippen LogP contribution in [-0.4, -0.2) is 15.2 Å². The topological polar surface area (TPSA) is 95.0 Å². The van der Waals surface area contributed by atoms with E-state index in [2.05, 4.69) is 15.5 Å². The minimum absolute atomic E-state index is 0.214. The largest absolute Gasteiger partial charge is 0.392 e. The van der Waals surface area contributed by atoms with Gasteiger partial charge in [0.2, 0.25) is 0 Å². The Balaban J connectivity index is 1.69. The van der Waals surface area contributed by atoms with Gasteiger partial charge in [-0.3, -0.25) is 0 Å². The highest BCUT2D eigenvalue weighted by atomic mass is 19.1. The Hall–Kier alpha value is -3.24. The standard InChI is InChI=1S/C17H13FN4O2/c18-15-6-5-14(7-13(15)10-23)20-9-16-21-17(24-22-16)12-3-1-11(8-19)2-4-12/h1-7,20,23H,9-10H2. The fourth-order valence-electron chi connectivity index (χ4n) is 2.12. The van der Waals surface area contributed by atoms with E-state index in [0.717, 1.165) is 5.56 Å². The molecule has 0 unspecified atom stereocenters. The first-order valence-corrected chi connectivity index (χ1v) is 7.16. The predicted octanol–water partition coefficient (Wildman–Crippen LogP) is 2.85. The van der Waals surface area contributed by atoms with Crippen molar-refractivity contribution in [1.29, 1.82) is 5.26 Å². The Morgan fingerprint density at radius 2 is 2.00 bits per heavy atom. The maximum atomic E-state index is 13.3. The maximum Gasteiger partial charge on any atom is 0.257 e. The molecular weight excluding hydrogens is 311 g/mol. The number of benzene rings is 2. The van der Waals surface area contributed by atoms with Gasteiger partial charge < -0.3 is 14.9 Å². The van der Waals surface area contributed by atoms with Crippen molar-refractivity contribution in [2.45, 2.75) is 13.2 Å². The molecule has 0 saturated heterocycles. The zero-order valence-electron chi connectivity index (χ0n) is 12.5. The van der Waals surface area contributed by atoms with Crippen LogP contribution in [0.1, 0.15) is 17.0 Å². The number of nitriles is 1. The van der Waals surface area contributed by atoms with Gasteiger partial charge in [-0.2, -0.15) is 10.2 Å². The highest BCUT2D eigenvalue weighted by Gasteiger charge is 2.09. The van der Waals surface area contributed by atoms with Crippen LogP contribution in [0.2, 0.25) is 0 Å². The van der Waals surface area contributed by atoms with E-state index in [1.165, 1.54) is 12.1 Å². The van der Waals surface area contributed by atoms with Crippen molar-refractivity contribution in [3.8, 4) is 17.5 Å². The molecule has 0 fully saturated rings. The number of aliphatic hydroxyl groups excluding tert-OH is 1. The number of hydrogen-bond donors (Lipinski definition) is 2. The summed E-state index contributed by atoms with van der Waals surface area (Å²) in [6.45, 7) is -0.0807. The Morgan fingerprint density at radius 1 is 1.21 bits per heavy atom. The van der Waals surface area contributed by atoms with Crippen LogP contribution < -0.4 is 5.32 Å². The van der Waals surface area contributed by atoms with E-state index in [9.17, 15) is 4.39 Å². The van der Waals surface area contributed by atoms with Crippen LogP contribution in [0.25, 0.3) is 11.5 Å². The molecule has 0 aliphatic rings. The number of anilines is 1. The summed E-state index contributed by atoms with van der Waals surface area (Å²) in [5, 5.41) is 24.8. The van der Waals surface area contributed by atoms with E-state index in [-0.39, 0.29) is 18.7 Å². The average Bonchev–Trinajstić information content (AvgIpc) is 3.10. The lowest BCUT2D eigenvalue weighted by atomic mass is 10.1. The second kappa shape index (κ2) is 6.89. The third-order valence-electron chi connectivity index (χ3n) is 3.40. The highest BCUT2D eigenvalue weighted by Crippen LogP contribution is 2.19. The van der Waals surface area contributed by atoms with E-state index in [1.807, 2.05) is 6.07 Å². The van der Waals surface area contributed by atoms with E-state index in [0.29, 0.717) is 23.0 Å². The summed E-state index contributed by atoms with van der Waals surface area (Å²) in [7, 11) is 0. The summed E-state index contributed by atoms with van der Waals surface area (Å²) in [4.78, 5) is 4.26. The van der Waals surface area contributed by atoms with E-state index in [1.54, 1.807) is 30.3 Å². The van der Waals surface area contributed by atoms with Crippen molar-refractivity contribution >= 4 is 5.69 Å². The van der Waals surface area contributed by atoms with Crippen LogP contribution in [0.15, 0.2) is 47.0 Å². The van der Waals surface area contributed by atoms with Gasteiger partial charge in [-0.1, -0.05) is 5.16 Å². The SMILES string of the molecule is N#Cc1ccc(-c2nc(CNc3ccc(F)c(CO)c3)no2)cc1. The predicted molar refractivity (Wildman–Crippen MR) is 84.1 cm³/mol. The Bertz CT molecular complexity index is 884. The van der Waals surface area contributed by atoms with Crippen LogP contribution in [-0.2, 0) is 13.2 Å². The zero-order chi connectivity index (χ0) is 16.9. The van der Waals surface area contributed by atoms with Crippen LogP contribution in [0.3, 0.4) is 0 Å². The molecule has 6 nitrogen and oxygen atoms in total. The van der Waals surface area contributed by atoms with Gasteiger partial charge in [0.15, 0.2) is 5.82 Å². The number of aromatic nitrogens is 2. The molecule has 2 aromatic carbocycles. The molecule has 0 amide bonds. The first kappa shape index (κ1) is 15.6. The van der Waals surface area contributed by atoms with Crippen molar-refractivity contribution in [3.05, 3.63) is 65.2 Å². The average molecular weight is 324 g/mol. The van der Waals surface area contributed by atoms with Crippen LogP contribution in [0, 0.1) is 17.1 Å². The van der Waals surface area contributed by atoms with E-state index in [4.69, 9.17) is 14.9 Å². The first-order valence-electron chi connectivity index (χ1n) is 7.16. The molecule has 0 atom stereocenters. The number of hydrogen-bond acceptors (Lipinski definition) is 6. The minimum Gasteiger partial charge on any atom is -0.392 e. The van der Waals surface area contributed by atoms with Gasteiger partial charge in [0.1, 0.15) is 5.82 Å². The van der Waals surface area contributed by atoms with Crippen molar-refractivity contribution < 1.29 is 14.0 Å². The molecule has 3 rings (SSSR count). The summed E-state index contributed by atoms with van der Waals surface area (Å²) >= 11 is 0. The normalized spacial score (nSPS) is 10.4. The van der Waals surface area contributed by atoms with Gasteiger partial charge in [0, 0.05) is 16.8 Å². The lowest BCUT2D eigenvalue weighted by molar-refractivity contribution is 0.276. The summed E-state index contributed by atoms with van der Waals surface area (Å²) < 4.78 is 18.5. The van der Waals surface area contributed by atoms with Crippen molar-refractivity contribution in [2.75, 3.05) is 5.32 Å². The molecule has 2 N–H and O–H groups in total. The number of aliphatic hydroxyl groups is 1. The van der Waals surface area contributed by atoms with Gasteiger partial charge >= 0.3 is 0 Å². The second-order valence-corrected chi connectivity index (χ2v) is 5.02. The molecule has 0 saturated carbocycles. The first-order chi connectivity index (χ1) is 11.7. The summed E-state index contributed by atoms with van der Waals surface area (Å²) in [5.74, 6) is 0.335. The fraction of sp³-hybridized carbons (Fsp3) is 0.118. The fourth-order valence-corrected chi connectivity index (χ4v) is 2.12. The Labute approximate surface area is 137 Å². The lowest BCUT2D eigenvalue weighted by Gasteiger charge is -2.06. The van der Waals surface area contributed by atoms with Crippen LogP contribution in [0.5, 0.6) is 0 Å². The van der Waals surface area contributed by atoms with Crippen LogP contribution >= 0.6 is 0 Å². The zero-order valence-corrected chi connectivity index (χ0v) is 12.5. The Morgan fingerprint density at radius 3 is 2.71 bits per heavy atom. The summed E-state index contributed by atoms with van der Waals surface area (Å²) in [6.07, 6.45) is 0. The number of halogens is 1. The van der Waals surface area contributed by atoms with Crippen LogP contribution in [0.4, 0.5) is 10.1 Å². The second-order valence-electron chi connectivity index (χ2n) is 5.02. The van der Waals surface area contributed by atoms with Gasteiger partial charge in [0.05, 0.1) is 24.8 Å². The summed E-state index contributed by atoms with van der Waals surface area (Å²) in [5.41, 5.74) is 2.13. The van der Waals surface area contributed by atoms with Gasteiger partial charge in [0.25, 0.3) is 5.89 Å². The van der Waals surface area contributed by atoms with E-state index < -0.39 is 5.82 Å². The number of nitrogens with one attached hydrogen (secondary N) is 1. The highest BCUT2D eigenvalue weighted by molar-refractivity contribution is 5.54. The monoisotopic (exact) mass is 324 g/mol. The third kappa shape index (κ3) is 3.39. The smallest absolute Gasteiger partial charge is 0.257 e. The van der Waals surface area contributed by atoms with Gasteiger partial charge in [-0.15, -0.1) is 0 Å². The summed E-state index contributed by atoms with van der Waals surface area (Å²) in [6, 6.07) is 13.2. The molecule has 0 bridgehead atoms. The molecule has 120 valence electrons. The molecule has 0 radical (unpaired) electrons. The van der Waals surface area contributed by atoms with Crippen molar-refractivity contribution in [3.63, 3.8) is 0 Å². The Kier molecular flexibility index (Phi) is 4.50. The quantitative estimate of drug-likeness (QED) is 0.749. The number of rotatable bonds is 5. The van der Waals surface area contributed by atoms with Gasteiger partial charge in [-0.05, 0) is 42.5 Å². The third-order valence-corrected chi connectivity index (χ3v) is 3.40. The molecule has 1 aromatic heterocycles. The molecule has 0 aliphatic carbocycles. The van der Waals surface area contributed by atoms with Crippen molar-refractivity contribution in [1.82, 2.24) is 10.1 Å². The lowest BCUT2D eigenvalue weighted by Crippen LogP contribution is -2.02. The molecule has 24 heavy (non-hydrogen) atoms.